The van der Waals surface area contributed by atoms with Gasteiger partial charge in [0.2, 0.25) is 5.91 Å². The van der Waals surface area contributed by atoms with Crippen molar-refractivity contribution in [2.24, 2.45) is 11.8 Å². The van der Waals surface area contributed by atoms with Crippen LogP contribution in [-0.2, 0) is 4.79 Å². The van der Waals surface area contributed by atoms with Gasteiger partial charge in [0.25, 0.3) is 5.95 Å². The Morgan fingerprint density at radius 1 is 1.44 bits per heavy atom. The lowest BCUT2D eigenvalue weighted by atomic mass is 9.82. The number of nitrogens with one attached hydrogen (secondary N) is 2. The van der Waals surface area contributed by atoms with E-state index in [1.54, 1.807) is 0 Å². The van der Waals surface area contributed by atoms with E-state index in [4.69, 9.17) is 0 Å². The fourth-order valence-electron chi connectivity index (χ4n) is 2.71. The summed E-state index contributed by atoms with van der Waals surface area (Å²) in [6.45, 7) is 2.06. The van der Waals surface area contributed by atoms with Crippen molar-refractivity contribution < 1.29 is 4.79 Å². The number of hydrogen-bond donors (Lipinski definition) is 2. The number of tetrazole rings is 1. The van der Waals surface area contributed by atoms with Crippen molar-refractivity contribution in [1.82, 2.24) is 20.6 Å². The van der Waals surface area contributed by atoms with Crippen molar-refractivity contribution in [3.05, 3.63) is 0 Å². The number of aromatic amines is 1. The molecule has 18 heavy (non-hydrogen) atoms. The topological polar surface area (TPSA) is 83.6 Å². The number of hydrogen-bond acceptors (Lipinski definition) is 4. The molecule has 1 amide bonds. The average molecular weight is 251 g/mol. The van der Waals surface area contributed by atoms with Crippen molar-refractivity contribution in [3.63, 3.8) is 0 Å². The van der Waals surface area contributed by atoms with E-state index in [1.807, 2.05) is 0 Å². The fraction of sp³-hybridized carbons (Fsp3) is 0.833. The van der Waals surface area contributed by atoms with Gasteiger partial charge in [0.15, 0.2) is 0 Å². The van der Waals surface area contributed by atoms with Gasteiger partial charge in [-0.05, 0) is 24.0 Å². The summed E-state index contributed by atoms with van der Waals surface area (Å²) in [5, 5.41) is 15.9. The first kappa shape index (κ1) is 13.0. The first-order valence-corrected chi connectivity index (χ1v) is 6.84. The lowest BCUT2D eigenvalue weighted by Crippen LogP contribution is -2.25. The van der Waals surface area contributed by atoms with Gasteiger partial charge in [-0.3, -0.25) is 10.1 Å². The van der Waals surface area contributed by atoms with Crippen molar-refractivity contribution >= 4 is 11.9 Å². The highest BCUT2D eigenvalue weighted by atomic mass is 16.2. The highest BCUT2D eigenvalue weighted by Crippen LogP contribution is 2.30. The van der Waals surface area contributed by atoms with Crippen LogP contribution >= 0.6 is 0 Å². The molecule has 6 nitrogen and oxygen atoms in total. The monoisotopic (exact) mass is 251 g/mol. The Morgan fingerprint density at radius 2 is 2.22 bits per heavy atom. The Hall–Kier alpha value is -1.46. The summed E-state index contributed by atoms with van der Waals surface area (Å²) in [6.07, 6.45) is 8.36. The van der Waals surface area contributed by atoms with E-state index in [1.165, 1.54) is 32.1 Å². The average Bonchev–Trinajstić information content (AvgIpc) is 2.90. The van der Waals surface area contributed by atoms with Gasteiger partial charge in [-0.2, -0.15) is 5.21 Å². The van der Waals surface area contributed by atoms with Gasteiger partial charge < -0.3 is 0 Å². The molecule has 0 saturated heterocycles. The van der Waals surface area contributed by atoms with E-state index in [9.17, 15) is 4.79 Å². The minimum atomic E-state index is 0.0180. The van der Waals surface area contributed by atoms with Gasteiger partial charge in [-0.15, -0.1) is 5.10 Å². The molecule has 100 valence electrons. The molecule has 1 aromatic heterocycles. The van der Waals surface area contributed by atoms with Gasteiger partial charge in [0.1, 0.15) is 0 Å². The molecule has 1 aromatic rings. The van der Waals surface area contributed by atoms with Crippen molar-refractivity contribution in [1.29, 1.82) is 0 Å². The van der Waals surface area contributed by atoms with Gasteiger partial charge in [-0.25, -0.2) is 0 Å². The Morgan fingerprint density at radius 3 is 2.83 bits per heavy atom. The number of rotatable bonds is 5. The van der Waals surface area contributed by atoms with Gasteiger partial charge in [0, 0.05) is 5.92 Å². The zero-order valence-corrected chi connectivity index (χ0v) is 10.9. The van der Waals surface area contributed by atoms with Crippen LogP contribution in [0.2, 0.25) is 0 Å². The molecule has 2 rings (SSSR count). The maximum absolute atomic E-state index is 12.1. The normalized spacial score (nSPS) is 18.5. The highest BCUT2D eigenvalue weighted by molar-refractivity contribution is 5.90. The van der Waals surface area contributed by atoms with Crippen LogP contribution in [0, 0.1) is 11.8 Å². The van der Waals surface area contributed by atoms with Gasteiger partial charge >= 0.3 is 0 Å². The molecule has 0 aromatic carbocycles. The van der Waals surface area contributed by atoms with E-state index in [-0.39, 0.29) is 17.8 Å². The Kier molecular flexibility index (Phi) is 4.66. The Bertz CT molecular complexity index is 359. The lowest BCUT2D eigenvalue weighted by Gasteiger charge is -2.25. The molecule has 1 aliphatic rings. The molecular weight excluding hydrogens is 230 g/mol. The van der Waals surface area contributed by atoms with E-state index in [0.29, 0.717) is 5.92 Å². The van der Waals surface area contributed by atoms with Crippen molar-refractivity contribution in [2.45, 2.75) is 51.9 Å². The van der Waals surface area contributed by atoms with E-state index < -0.39 is 0 Å². The molecule has 1 aliphatic carbocycles. The molecule has 1 heterocycles. The zero-order valence-electron chi connectivity index (χ0n) is 10.9. The number of nitrogens with zero attached hydrogens (tertiary/aromatic N) is 3. The van der Waals surface area contributed by atoms with Crippen LogP contribution in [0.4, 0.5) is 5.95 Å². The Balaban J connectivity index is 1.85. The third-order valence-corrected chi connectivity index (χ3v) is 3.79. The summed E-state index contributed by atoms with van der Waals surface area (Å²) in [6, 6.07) is 0. The third kappa shape index (κ3) is 3.51. The second-order valence-corrected chi connectivity index (χ2v) is 5.07. The molecule has 2 N–H and O–H groups in total. The maximum Gasteiger partial charge on any atom is 0.269 e. The van der Waals surface area contributed by atoms with Crippen LogP contribution < -0.4 is 5.32 Å². The molecule has 0 spiro atoms. The summed E-state index contributed by atoms with van der Waals surface area (Å²) < 4.78 is 0. The summed E-state index contributed by atoms with van der Waals surface area (Å²) in [5.41, 5.74) is 0. The fourth-order valence-corrected chi connectivity index (χ4v) is 2.71. The molecule has 0 radical (unpaired) electrons. The quantitative estimate of drug-likeness (QED) is 0.839. The lowest BCUT2D eigenvalue weighted by molar-refractivity contribution is -0.120. The van der Waals surface area contributed by atoms with Crippen LogP contribution in [0.25, 0.3) is 0 Å². The summed E-state index contributed by atoms with van der Waals surface area (Å²) in [4.78, 5) is 12.1. The standard InChI is InChI=1S/C12H21N5O/c1-2-10(8-9-6-4-3-5-7-9)11(18)13-12-14-16-17-15-12/h9-10H,2-8H2,1H3,(H2,13,14,15,16,17,18)/t10-/m1/s1. The number of aromatic nitrogens is 4. The number of H-pyrrole nitrogens is 1. The van der Waals surface area contributed by atoms with Crippen molar-refractivity contribution in [2.75, 3.05) is 5.32 Å². The molecule has 0 unspecified atom stereocenters. The van der Waals surface area contributed by atoms with Crippen LogP contribution in [0.15, 0.2) is 0 Å². The molecular formula is C12H21N5O. The van der Waals surface area contributed by atoms with E-state index in [0.717, 1.165) is 12.8 Å². The SMILES string of the molecule is CC[C@H](CC1CCCCC1)C(=O)Nc1nn[nH]n1. The number of anilines is 1. The van der Waals surface area contributed by atoms with Crippen LogP contribution in [0.1, 0.15) is 51.9 Å². The summed E-state index contributed by atoms with van der Waals surface area (Å²) in [7, 11) is 0. The summed E-state index contributed by atoms with van der Waals surface area (Å²) >= 11 is 0. The predicted octanol–water partition coefficient (Wildman–Crippen LogP) is 2.13. The molecule has 6 heteroatoms. The van der Waals surface area contributed by atoms with E-state index in [2.05, 4.69) is 32.9 Å². The molecule has 1 saturated carbocycles. The second-order valence-electron chi connectivity index (χ2n) is 5.07. The van der Waals surface area contributed by atoms with Crippen LogP contribution in [0.5, 0.6) is 0 Å². The summed E-state index contributed by atoms with van der Waals surface area (Å²) in [5.74, 6) is 1.05. The second kappa shape index (κ2) is 6.47. The van der Waals surface area contributed by atoms with E-state index >= 15 is 0 Å². The number of amides is 1. The first-order chi connectivity index (χ1) is 8.79. The number of carbonyl (C=O) groups is 1. The molecule has 1 atom stereocenters. The predicted molar refractivity (Wildman–Crippen MR) is 67.8 cm³/mol. The first-order valence-electron chi connectivity index (χ1n) is 6.84. The van der Waals surface area contributed by atoms with Gasteiger partial charge in [-0.1, -0.05) is 44.1 Å². The molecule has 1 fully saturated rings. The minimum Gasteiger partial charge on any atom is -0.292 e. The largest absolute Gasteiger partial charge is 0.292 e. The minimum absolute atomic E-state index is 0.0180. The molecule has 0 bridgehead atoms. The van der Waals surface area contributed by atoms with Gasteiger partial charge in [0.05, 0.1) is 0 Å². The molecule has 0 aliphatic heterocycles. The smallest absolute Gasteiger partial charge is 0.269 e. The number of carbonyl (C=O) groups excluding carboxylic acids is 1. The zero-order chi connectivity index (χ0) is 12.8. The third-order valence-electron chi connectivity index (χ3n) is 3.79. The highest BCUT2D eigenvalue weighted by Gasteiger charge is 2.23. The van der Waals surface area contributed by atoms with Crippen LogP contribution in [-0.4, -0.2) is 26.5 Å². The Labute approximate surface area is 107 Å². The van der Waals surface area contributed by atoms with Crippen LogP contribution in [0.3, 0.4) is 0 Å². The maximum atomic E-state index is 12.1. The van der Waals surface area contributed by atoms with Crippen molar-refractivity contribution in [3.8, 4) is 0 Å².